The maximum Gasteiger partial charge on any atom is 0.239 e. The molecule has 1 fully saturated rings. The Morgan fingerprint density at radius 1 is 1.22 bits per heavy atom. The maximum atomic E-state index is 12.0. The second-order valence-corrected chi connectivity index (χ2v) is 6.33. The van der Waals surface area contributed by atoms with Crippen molar-refractivity contribution >= 4 is 41.8 Å². The Kier molecular flexibility index (Phi) is 10.8. The Morgan fingerprint density at radius 2 is 1.96 bits per heavy atom. The Hall–Kier alpha value is -1.84. The van der Waals surface area contributed by atoms with Gasteiger partial charge in [0.1, 0.15) is 0 Å². The number of aliphatic imine (C=N–C) groups is 1. The van der Waals surface area contributed by atoms with Gasteiger partial charge in [-0.3, -0.25) is 14.6 Å². The molecule has 1 aliphatic rings. The number of hydrogen-bond acceptors (Lipinski definition) is 3. The molecule has 3 N–H and O–H groups in total. The highest BCUT2D eigenvalue weighted by Crippen LogP contribution is 2.10. The average Bonchev–Trinajstić information content (AvgIpc) is 3.14. The maximum absolute atomic E-state index is 12.0. The number of nitrogens with one attached hydrogen (secondary N) is 3. The normalized spacial score (nSPS) is 16.4. The van der Waals surface area contributed by atoms with E-state index in [1.807, 2.05) is 42.2 Å². The molecule has 7 nitrogen and oxygen atoms in total. The fraction of sp³-hybridized carbons (Fsp3) is 0.526. The van der Waals surface area contributed by atoms with Gasteiger partial charge in [0.05, 0.1) is 6.54 Å². The van der Waals surface area contributed by atoms with Gasteiger partial charge in [0.15, 0.2) is 5.96 Å². The minimum absolute atomic E-state index is 0. The number of benzene rings is 1. The van der Waals surface area contributed by atoms with Crippen molar-refractivity contribution in [2.24, 2.45) is 4.99 Å². The third-order valence-corrected chi connectivity index (χ3v) is 4.40. The van der Waals surface area contributed by atoms with E-state index in [9.17, 15) is 9.59 Å². The molecular formula is C19H30IN5O2. The molecule has 27 heavy (non-hydrogen) atoms. The first-order valence-electron chi connectivity index (χ1n) is 9.18. The SMILES string of the molecule is CCC(=O)N1CCC(NC(=NC)NCC(=O)NCCc2ccccc2)C1.I. The third kappa shape index (κ3) is 8.15. The van der Waals surface area contributed by atoms with Crippen LogP contribution in [0.15, 0.2) is 35.3 Å². The summed E-state index contributed by atoms with van der Waals surface area (Å²) < 4.78 is 0. The molecule has 1 aromatic carbocycles. The van der Waals surface area contributed by atoms with Gasteiger partial charge in [-0.15, -0.1) is 24.0 Å². The summed E-state index contributed by atoms with van der Waals surface area (Å²) in [5.41, 5.74) is 1.20. The molecule has 1 heterocycles. The number of hydrogen-bond donors (Lipinski definition) is 3. The van der Waals surface area contributed by atoms with Crippen LogP contribution in [-0.4, -0.2) is 61.9 Å². The summed E-state index contributed by atoms with van der Waals surface area (Å²) in [7, 11) is 1.67. The minimum atomic E-state index is -0.0712. The molecule has 0 aromatic heterocycles. The highest BCUT2D eigenvalue weighted by molar-refractivity contribution is 14.0. The van der Waals surface area contributed by atoms with Crippen LogP contribution in [-0.2, 0) is 16.0 Å². The highest BCUT2D eigenvalue weighted by atomic mass is 127. The van der Waals surface area contributed by atoms with Crippen LogP contribution in [0.5, 0.6) is 0 Å². The van der Waals surface area contributed by atoms with Gasteiger partial charge in [0.25, 0.3) is 0 Å². The molecule has 1 aliphatic heterocycles. The van der Waals surface area contributed by atoms with Crippen LogP contribution >= 0.6 is 24.0 Å². The molecule has 150 valence electrons. The zero-order valence-corrected chi connectivity index (χ0v) is 18.4. The first-order valence-corrected chi connectivity index (χ1v) is 9.18. The number of amides is 2. The van der Waals surface area contributed by atoms with Crippen molar-refractivity contribution in [1.82, 2.24) is 20.9 Å². The second kappa shape index (κ2) is 12.5. The topological polar surface area (TPSA) is 85.8 Å². The summed E-state index contributed by atoms with van der Waals surface area (Å²) in [5.74, 6) is 0.687. The van der Waals surface area contributed by atoms with Crippen LogP contribution in [0.1, 0.15) is 25.3 Å². The van der Waals surface area contributed by atoms with Crippen LogP contribution in [0.4, 0.5) is 0 Å². The lowest BCUT2D eigenvalue weighted by atomic mass is 10.1. The molecule has 0 radical (unpaired) electrons. The fourth-order valence-electron chi connectivity index (χ4n) is 2.93. The lowest BCUT2D eigenvalue weighted by molar-refractivity contribution is -0.129. The Balaban J connectivity index is 0.00000364. The smallest absolute Gasteiger partial charge is 0.239 e. The molecule has 2 amide bonds. The number of likely N-dealkylation sites (tertiary alicyclic amines) is 1. The third-order valence-electron chi connectivity index (χ3n) is 4.40. The van der Waals surface area contributed by atoms with Gasteiger partial charge >= 0.3 is 0 Å². The fourth-order valence-corrected chi connectivity index (χ4v) is 2.93. The van der Waals surface area contributed by atoms with Gasteiger partial charge < -0.3 is 20.9 Å². The highest BCUT2D eigenvalue weighted by Gasteiger charge is 2.25. The molecule has 1 aromatic rings. The van der Waals surface area contributed by atoms with E-state index in [0.717, 1.165) is 19.4 Å². The van der Waals surface area contributed by atoms with Crippen LogP contribution in [0, 0.1) is 0 Å². The standard InChI is InChI=1S/C19H29N5O2.HI/c1-3-18(26)24-12-10-16(14-24)23-19(20-2)22-13-17(25)21-11-9-15-7-5-4-6-8-15;/h4-8,16H,3,9-14H2,1-2H3,(H,21,25)(H2,20,22,23);1H. The minimum Gasteiger partial charge on any atom is -0.354 e. The predicted octanol–water partition coefficient (Wildman–Crippen LogP) is 1.14. The van der Waals surface area contributed by atoms with E-state index in [1.165, 1.54) is 5.56 Å². The number of guanidine groups is 1. The van der Waals surface area contributed by atoms with E-state index >= 15 is 0 Å². The second-order valence-electron chi connectivity index (χ2n) is 6.33. The van der Waals surface area contributed by atoms with Gasteiger partial charge in [0.2, 0.25) is 11.8 Å². The zero-order valence-electron chi connectivity index (χ0n) is 16.0. The number of carbonyl (C=O) groups excluding carboxylic acids is 2. The summed E-state index contributed by atoms with van der Waals surface area (Å²) >= 11 is 0. The van der Waals surface area contributed by atoms with Crippen molar-refractivity contribution in [3.8, 4) is 0 Å². The van der Waals surface area contributed by atoms with E-state index in [2.05, 4.69) is 20.9 Å². The van der Waals surface area contributed by atoms with E-state index in [0.29, 0.717) is 25.5 Å². The van der Waals surface area contributed by atoms with Crippen LogP contribution in [0.25, 0.3) is 0 Å². The number of nitrogens with zero attached hydrogens (tertiary/aromatic N) is 2. The molecule has 0 saturated carbocycles. The van der Waals surface area contributed by atoms with Crippen molar-refractivity contribution < 1.29 is 9.59 Å². The molecule has 0 spiro atoms. The molecule has 8 heteroatoms. The molecule has 0 aliphatic carbocycles. The Bertz CT molecular complexity index is 624. The number of carbonyl (C=O) groups is 2. The van der Waals surface area contributed by atoms with Crippen LogP contribution in [0.3, 0.4) is 0 Å². The summed E-state index contributed by atoms with van der Waals surface area (Å²) in [6, 6.07) is 10.2. The van der Waals surface area contributed by atoms with Crippen molar-refractivity contribution in [2.45, 2.75) is 32.2 Å². The first-order chi connectivity index (χ1) is 12.6. The van der Waals surface area contributed by atoms with Gasteiger partial charge in [0, 0.05) is 39.1 Å². The van der Waals surface area contributed by atoms with Crippen LogP contribution in [0.2, 0.25) is 0 Å². The van der Waals surface area contributed by atoms with Gasteiger partial charge in [-0.05, 0) is 18.4 Å². The van der Waals surface area contributed by atoms with E-state index in [1.54, 1.807) is 7.05 Å². The molecule has 1 unspecified atom stereocenters. The molecular weight excluding hydrogens is 457 g/mol. The Labute approximate surface area is 178 Å². The molecule has 1 atom stereocenters. The van der Waals surface area contributed by atoms with E-state index in [-0.39, 0.29) is 48.4 Å². The largest absolute Gasteiger partial charge is 0.354 e. The predicted molar refractivity (Wildman–Crippen MR) is 118 cm³/mol. The van der Waals surface area contributed by atoms with Crippen molar-refractivity contribution in [3.05, 3.63) is 35.9 Å². The number of rotatable bonds is 7. The quantitative estimate of drug-likeness (QED) is 0.306. The number of halogens is 1. The molecule has 2 rings (SSSR count). The van der Waals surface area contributed by atoms with E-state index < -0.39 is 0 Å². The molecule has 1 saturated heterocycles. The Morgan fingerprint density at radius 3 is 2.63 bits per heavy atom. The van der Waals surface area contributed by atoms with Crippen molar-refractivity contribution in [1.29, 1.82) is 0 Å². The first kappa shape index (κ1) is 23.2. The van der Waals surface area contributed by atoms with Gasteiger partial charge in [-0.25, -0.2) is 0 Å². The van der Waals surface area contributed by atoms with Gasteiger partial charge in [-0.1, -0.05) is 37.3 Å². The summed E-state index contributed by atoms with van der Waals surface area (Å²) in [6.07, 6.45) is 2.22. The van der Waals surface area contributed by atoms with Crippen LogP contribution < -0.4 is 16.0 Å². The molecule has 0 bridgehead atoms. The van der Waals surface area contributed by atoms with Gasteiger partial charge in [-0.2, -0.15) is 0 Å². The van der Waals surface area contributed by atoms with E-state index in [4.69, 9.17) is 0 Å². The van der Waals surface area contributed by atoms with Crippen molar-refractivity contribution in [2.75, 3.05) is 33.2 Å². The lowest BCUT2D eigenvalue weighted by Crippen LogP contribution is -2.48. The summed E-state index contributed by atoms with van der Waals surface area (Å²) in [6.45, 7) is 4.09. The average molecular weight is 487 g/mol. The monoisotopic (exact) mass is 487 g/mol. The zero-order chi connectivity index (χ0) is 18.8. The van der Waals surface area contributed by atoms with Crippen molar-refractivity contribution in [3.63, 3.8) is 0 Å². The summed E-state index contributed by atoms with van der Waals surface area (Å²) in [5, 5.41) is 9.20. The summed E-state index contributed by atoms with van der Waals surface area (Å²) in [4.78, 5) is 29.7. The lowest BCUT2D eigenvalue weighted by Gasteiger charge is -2.18.